The van der Waals surface area contributed by atoms with E-state index in [4.69, 9.17) is 34.9 Å². The third-order valence-electron chi connectivity index (χ3n) is 7.83. The Bertz CT molecular complexity index is 1700. The first-order valence-corrected chi connectivity index (χ1v) is 15.8. The van der Waals surface area contributed by atoms with Gasteiger partial charge in [0.25, 0.3) is 0 Å². The van der Waals surface area contributed by atoms with E-state index in [-0.39, 0.29) is 12.8 Å². The molecule has 0 bridgehead atoms. The predicted octanol–water partition coefficient (Wildman–Crippen LogP) is 6.41. The van der Waals surface area contributed by atoms with Crippen molar-refractivity contribution in [2.45, 2.75) is 51.4 Å². The van der Waals surface area contributed by atoms with Crippen molar-refractivity contribution in [3.63, 3.8) is 0 Å². The van der Waals surface area contributed by atoms with E-state index in [0.717, 1.165) is 21.9 Å². The van der Waals surface area contributed by atoms with Crippen LogP contribution in [0.2, 0.25) is 0 Å². The molecule has 0 saturated heterocycles. The summed E-state index contributed by atoms with van der Waals surface area (Å²) in [6.45, 7) is 0.740. The van der Waals surface area contributed by atoms with E-state index >= 15 is 0 Å². The van der Waals surface area contributed by atoms with Crippen LogP contribution in [-0.2, 0) is 19.2 Å². The molecule has 0 aliphatic rings. The van der Waals surface area contributed by atoms with Crippen LogP contribution >= 0.6 is 0 Å². The van der Waals surface area contributed by atoms with Crippen LogP contribution in [0.15, 0.2) is 72.8 Å². The fourth-order valence-electron chi connectivity index (χ4n) is 5.16. The van der Waals surface area contributed by atoms with E-state index in [0.29, 0.717) is 74.9 Å². The molecule has 0 fully saturated rings. The van der Waals surface area contributed by atoms with Crippen molar-refractivity contribution < 1.29 is 49.1 Å². The molecule has 0 saturated carbocycles. The van der Waals surface area contributed by atoms with E-state index in [9.17, 15) is 19.2 Å². The van der Waals surface area contributed by atoms with Gasteiger partial charge in [-0.05, 0) is 54.7 Å². The van der Waals surface area contributed by atoms with Gasteiger partial charge in [-0.1, -0.05) is 74.2 Å². The molecule has 48 heavy (non-hydrogen) atoms. The van der Waals surface area contributed by atoms with Crippen LogP contribution in [0.25, 0.3) is 33.4 Å². The van der Waals surface area contributed by atoms with Crippen molar-refractivity contribution >= 4 is 34.6 Å². The number of carboxylic acid groups (broad SMARTS) is 4. The lowest BCUT2D eigenvalue weighted by atomic mass is 10.0. The van der Waals surface area contributed by atoms with Crippen LogP contribution in [-0.4, -0.2) is 67.5 Å². The zero-order valence-corrected chi connectivity index (χ0v) is 26.3. The quantitative estimate of drug-likeness (QED) is 0.0603. The molecule has 4 rings (SSSR count). The van der Waals surface area contributed by atoms with Gasteiger partial charge >= 0.3 is 23.9 Å². The van der Waals surface area contributed by atoms with Gasteiger partial charge in [-0.15, -0.1) is 0 Å². The Labute approximate surface area is 277 Å². The lowest BCUT2D eigenvalue weighted by Gasteiger charge is -2.12. The Hall–Kier alpha value is -5.52. The van der Waals surface area contributed by atoms with Crippen LogP contribution in [0.5, 0.6) is 11.6 Å². The molecule has 252 valence electrons. The van der Waals surface area contributed by atoms with Crippen molar-refractivity contribution in [2.75, 3.05) is 13.2 Å². The molecule has 4 N–H and O–H groups in total. The smallest absolute Gasteiger partial charge is 0.317 e. The maximum absolute atomic E-state index is 11.1. The zero-order valence-electron chi connectivity index (χ0n) is 26.3. The lowest BCUT2D eigenvalue weighted by molar-refractivity contribution is -0.156. The third kappa shape index (κ3) is 10.2. The number of fused-ring (bicyclic) bond motifs is 1. The maximum atomic E-state index is 11.1. The Morgan fingerprint density at radius 3 is 1.73 bits per heavy atom. The third-order valence-corrected chi connectivity index (χ3v) is 7.83. The van der Waals surface area contributed by atoms with E-state index < -0.39 is 35.7 Å². The Kier molecular flexibility index (Phi) is 12.8. The summed E-state index contributed by atoms with van der Waals surface area (Å²) >= 11 is 0. The molecule has 12 nitrogen and oxygen atoms in total. The summed E-state index contributed by atoms with van der Waals surface area (Å²) in [7, 11) is 0. The van der Waals surface area contributed by atoms with Crippen LogP contribution in [0.4, 0.5) is 0 Å². The van der Waals surface area contributed by atoms with Gasteiger partial charge in [-0.3, -0.25) is 19.2 Å². The number of carboxylic acids is 4. The molecule has 1 heterocycles. The second kappa shape index (κ2) is 17.4. The number of aromatic nitrogens is 2. The molecule has 4 aromatic rings. The zero-order chi connectivity index (χ0) is 34.5. The second-order valence-corrected chi connectivity index (χ2v) is 11.4. The summed E-state index contributed by atoms with van der Waals surface area (Å²) in [6.07, 6.45) is 3.60. The van der Waals surface area contributed by atoms with Crippen LogP contribution in [0.1, 0.15) is 51.4 Å². The van der Waals surface area contributed by atoms with E-state index in [1.807, 2.05) is 66.7 Å². The Balaban J connectivity index is 1.38. The Morgan fingerprint density at radius 1 is 0.562 bits per heavy atom. The molecule has 0 spiro atoms. The molecule has 0 atom stereocenters. The van der Waals surface area contributed by atoms with Crippen molar-refractivity contribution in [3.8, 4) is 34.3 Å². The minimum Gasteiger partial charge on any atom is -0.494 e. The van der Waals surface area contributed by atoms with E-state index in [2.05, 4.69) is 4.98 Å². The summed E-state index contributed by atoms with van der Waals surface area (Å²) in [5.41, 5.74) is 2.37. The summed E-state index contributed by atoms with van der Waals surface area (Å²) in [4.78, 5) is 53.7. The number of hydrogen-bond donors (Lipinski definition) is 4. The highest BCUT2D eigenvalue weighted by Crippen LogP contribution is 2.29. The van der Waals surface area contributed by atoms with Gasteiger partial charge in [0.1, 0.15) is 5.75 Å². The monoisotopic (exact) mass is 658 g/mol. The number of nitrogens with zero attached hydrogens (tertiary/aromatic N) is 2. The predicted molar refractivity (Wildman–Crippen MR) is 176 cm³/mol. The fraction of sp³-hybridized carbons (Fsp3) is 0.333. The summed E-state index contributed by atoms with van der Waals surface area (Å²) in [5, 5.41) is 38.0. The normalized spacial score (nSPS) is 11.1. The first kappa shape index (κ1) is 35.3. The van der Waals surface area contributed by atoms with E-state index in [1.54, 1.807) is 6.07 Å². The number of ether oxygens (including phenoxy) is 2. The molecular formula is C36H38N2O10. The first-order valence-electron chi connectivity index (χ1n) is 15.8. The first-order chi connectivity index (χ1) is 23.1. The number of unbranched alkanes of at least 4 members (excludes halogenated alkanes) is 4. The minimum atomic E-state index is -1.41. The number of benzene rings is 3. The largest absolute Gasteiger partial charge is 0.494 e. The number of aliphatic carboxylic acids is 4. The van der Waals surface area contributed by atoms with Crippen molar-refractivity contribution in [2.24, 2.45) is 11.8 Å². The summed E-state index contributed by atoms with van der Waals surface area (Å²) in [5.74, 6) is -6.54. The van der Waals surface area contributed by atoms with Gasteiger partial charge in [-0.25, -0.2) is 4.98 Å². The second-order valence-electron chi connectivity index (χ2n) is 11.4. The van der Waals surface area contributed by atoms with E-state index in [1.165, 1.54) is 0 Å². The van der Waals surface area contributed by atoms with Gasteiger partial charge < -0.3 is 29.9 Å². The fourth-order valence-corrected chi connectivity index (χ4v) is 5.16. The van der Waals surface area contributed by atoms with Gasteiger partial charge in [0.05, 0.1) is 18.9 Å². The number of carbonyl (C=O) groups is 4. The lowest BCUT2D eigenvalue weighted by Crippen LogP contribution is -2.23. The topological polar surface area (TPSA) is 193 Å². The van der Waals surface area contributed by atoms with Crippen LogP contribution in [0.3, 0.4) is 0 Å². The van der Waals surface area contributed by atoms with Gasteiger partial charge in [0.2, 0.25) is 5.88 Å². The molecule has 0 amide bonds. The molecule has 12 heteroatoms. The SMILES string of the molecule is O=C(O)C(CCCCCOc1ccc2cc(-c3nc(OCCCCCC(C(=O)O)C(=O)O)cc(-c4ccccc4)n3)ccc2c1)C(=O)O. The summed E-state index contributed by atoms with van der Waals surface area (Å²) in [6, 6.07) is 23.0. The minimum absolute atomic E-state index is 0.0583. The molecule has 3 aromatic carbocycles. The average molecular weight is 659 g/mol. The highest BCUT2D eigenvalue weighted by molar-refractivity contribution is 5.93. The standard InChI is InChI=1S/C36H38N2O10/c39-33(40)28(34(41)42)12-6-2-8-18-47-27-17-16-24-20-26(15-14-25(24)21-27)32-37-30(23-10-4-1-5-11-23)22-31(38-32)48-19-9-3-7-13-29(35(43)44)36(45)46/h1,4-5,10-11,14-17,20-22,28-29H,2-3,6-9,12-13,18-19H2,(H,39,40)(H,41,42)(H,43,44)(H,45,46). The van der Waals surface area contributed by atoms with Gasteiger partial charge in [0.15, 0.2) is 17.7 Å². The molecule has 0 aliphatic carbocycles. The molecule has 0 radical (unpaired) electrons. The summed E-state index contributed by atoms with van der Waals surface area (Å²) < 4.78 is 11.9. The number of rotatable bonds is 20. The number of hydrogen-bond acceptors (Lipinski definition) is 8. The van der Waals surface area contributed by atoms with Crippen LogP contribution < -0.4 is 9.47 Å². The molecule has 1 aromatic heterocycles. The van der Waals surface area contributed by atoms with Crippen molar-refractivity contribution in [3.05, 3.63) is 72.8 Å². The van der Waals surface area contributed by atoms with Crippen molar-refractivity contribution in [1.82, 2.24) is 9.97 Å². The van der Waals surface area contributed by atoms with Gasteiger partial charge in [-0.2, -0.15) is 4.98 Å². The van der Waals surface area contributed by atoms with Gasteiger partial charge in [0, 0.05) is 17.2 Å². The van der Waals surface area contributed by atoms with Crippen molar-refractivity contribution in [1.29, 1.82) is 0 Å². The highest BCUT2D eigenvalue weighted by Gasteiger charge is 2.25. The highest BCUT2D eigenvalue weighted by atomic mass is 16.5. The molecule has 0 aliphatic heterocycles. The molecule has 0 unspecified atom stereocenters. The average Bonchev–Trinajstić information content (AvgIpc) is 3.06. The Morgan fingerprint density at radius 2 is 1.12 bits per heavy atom. The molecular weight excluding hydrogens is 620 g/mol. The van der Waals surface area contributed by atoms with Crippen LogP contribution in [0, 0.1) is 11.8 Å². The maximum Gasteiger partial charge on any atom is 0.317 e.